The van der Waals surface area contributed by atoms with Crippen molar-refractivity contribution in [3.63, 3.8) is 0 Å². The van der Waals surface area contributed by atoms with Crippen LogP contribution in [0, 0.1) is 0 Å². The van der Waals surface area contributed by atoms with Crippen molar-refractivity contribution in [3.05, 3.63) is 35.9 Å². The first-order chi connectivity index (χ1) is 5.68. The van der Waals surface area contributed by atoms with E-state index in [9.17, 15) is 4.79 Å². The maximum Gasteiger partial charge on any atom is 0.328 e. The van der Waals surface area contributed by atoms with Crippen molar-refractivity contribution in [1.82, 2.24) is 0 Å². The lowest BCUT2D eigenvalue weighted by Crippen LogP contribution is -1.99. The Hall–Kier alpha value is -1.12. The van der Waals surface area contributed by atoms with Crippen LogP contribution in [0.25, 0.3) is 6.08 Å². The predicted octanol–water partition coefficient (Wildman–Crippen LogP) is -1.07. The fourth-order valence-corrected chi connectivity index (χ4v) is 0.967. The molecular weight excluding hydrogens is 199 g/mol. The summed E-state index contributed by atoms with van der Waals surface area (Å²) >= 11 is 2.57. The number of aliphatic carboxylic acids is 1. The summed E-state index contributed by atoms with van der Waals surface area (Å²) in [6.45, 7) is 0. The highest BCUT2D eigenvalue weighted by atomic mass is 27.0. The summed E-state index contributed by atoms with van der Waals surface area (Å²) in [6, 6.07) is 7.54. The topological polar surface area (TPSA) is 100 Å². The Bertz CT molecular complexity index is 305. The van der Waals surface area contributed by atoms with Gasteiger partial charge in [-0.25, -0.2) is 4.79 Å². The standard InChI is InChI=1S/C9H7O2.Al.2H2O/c10-9(11)7-6-8-4-2-1-3-5-8;;;/h2-7H,(H,10,11);;2*1H2/b7-6+;;;. The van der Waals surface area contributed by atoms with Gasteiger partial charge in [-0.3, -0.25) is 0 Å². The van der Waals surface area contributed by atoms with Crippen LogP contribution < -0.4 is 4.43 Å². The maximum atomic E-state index is 10.1. The van der Waals surface area contributed by atoms with Crippen molar-refractivity contribution in [3.8, 4) is 0 Å². The second-order valence-corrected chi connectivity index (χ2v) is 3.00. The van der Waals surface area contributed by atoms with Crippen LogP contribution in [0.4, 0.5) is 0 Å². The second-order valence-electron chi connectivity index (χ2n) is 2.34. The molecule has 0 unspecified atom stereocenters. The Balaban J connectivity index is 0. The number of hydrogen-bond donors (Lipinski definition) is 1. The van der Waals surface area contributed by atoms with E-state index in [0.717, 1.165) is 16.1 Å². The molecule has 2 radical (unpaired) electrons. The Kier molecular flexibility index (Phi) is 8.01. The SMILES string of the molecule is O.O.O=C(O)/C=C/c1cc[c]([Al])cc1. The third-order valence-electron chi connectivity index (χ3n) is 1.35. The molecule has 14 heavy (non-hydrogen) atoms. The van der Waals surface area contributed by atoms with Gasteiger partial charge in [-0.2, -0.15) is 0 Å². The average molecular weight is 210 g/mol. The highest BCUT2D eigenvalue weighted by molar-refractivity contribution is 6.32. The molecule has 0 aliphatic carbocycles. The summed E-state index contributed by atoms with van der Waals surface area (Å²) in [6.07, 6.45) is 2.68. The van der Waals surface area contributed by atoms with E-state index in [0.29, 0.717) is 0 Å². The molecule has 74 valence electrons. The van der Waals surface area contributed by atoms with Crippen LogP contribution in [-0.2, 0) is 4.79 Å². The highest BCUT2D eigenvalue weighted by Crippen LogP contribution is 1.98. The zero-order valence-corrected chi connectivity index (χ0v) is 8.55. The lowest BCUT2D eigenvalue weighted by molar-refractivity contribution is -0.131. The summed E-state index contributed by atoms with van der Waals surface area (Å²) in [5, 5.41) is 8.34. The van der Waals surface area contributed by atoms with Crippen LogP contribution >= 0.6 is 0 Å². The zero-order chi connectivity index (χ0) is 8.97. The number of benzene rings is 1. The van der Waals surface area contributed by atoms with E-state index in [1.54, 1.807) is 6.08 Å². The van der Waals surface area contributed by atoms with Crippen LogP contribution in [0.2, 0.25) is 0 Å². The predicted molar refractivity (Wildman–Crippen MR) is 55.7 cm³/mol. The van der Waals surface area contributed by atoms with Crippen molar-refractivity contribution < 1.29 is 20.9 Å². The third kappa shape index (κ3) is 5.51. The molecule has 0 fully saturated rings. The fraction of sp³-hybridized carbons (Fsp3) is 0. The van der Waals surface area contributed by atoms with Crippen molar-refractivity contribution in [2.24, 2.45) is 0 Å². The van der Waals surface area contributed by atoms with Crippen molar-refractivity contribution >= 4 is 32.8 Å². The van der Waals surface area contributed by atoms with Gasteiger partial charge in [0.15, 0.2) is 16.3 Å². The first kappa shape index (κ1) is 15.4. The molecule has 4 nitrogen and oxygen atoms in total. The van der Waals surface area contributed by atoms with Gasteiger partial charge in [0.05, 0.1) is 0 Å². The molecule has 1 rings (SSSR count). The lowest BCUT2D eigenvalue weighted by atomic mass is 10.2. The normalized spacial score (nSPS) is 8.86. The van der Waals surface area contributed by atoms with Crippen LogP contribution in [0.5, 0.6) is 0 Å². The molecule has 0 bridgehead atoms. The Morgan fingerprint density at radius 2 is 1.71 bits per heavy atom. The molecule has 0 atom stereocenters. The van der Waals surface area contributed by atoms with Gasteiger partial charge >= 0.3 is 5.97 Å². The Morgan fingerprint density at radius 3 is 2.14 bits per heavy atom. The van der Waals surface area contributed by atoms with Gasteiger partial charge in [-0.1, -0.05) is 24.3 Å². The van der Waals surface area contributed by atoms with Crippen molar-refractivity contribution in [2.45, 2.75) is 0 Å². The minimum Gasteiger partial charge on any atom is -0.478 e. The molecule has 0 amide bonds. The number of hydrogen-bond acceptors (Lipinski definition) is 1. The van der Waals surface area contributed by atoms with E-state index in [4.69, 9.17) is 5.11 Å². The van der Waals surface area contributed by atoms with Crippen molar-refractivity contribution in [1.29, 1.82) is 0 Å². The molecule has 0 saturated heterocycles. The smallest absolute Gasteiger partial charge is 0.328 e. The zero-order valence-electron chi connectivity index (χ0n) is 7.40. The molecule has 5 heteroatoms. The molecule has 0 heterocycles. The molecule has 1 aromatic carbocycles. The summed E-state index contributed by atoms with van der Waals surface area (Å²) < 4.78 is 1.09. The minimum absolute atomic E-state index is 0. The van der Waals surface area contributed by atoms with Crippen LogP contribution in [0.3, 0.4) is 0 Å². The van der Waals surface area contributed by atoms with E-state index in [2.05, 4.69) is 16.3 Å². The summed E-state index contributed by atoms with van der Waals surface area (Å²) in [7, 11) is 0. The molecule has 0 spiro atoms. The van der Waals surface area contributed by atoms with Gasteiger partial charge in [-0.15, -0.1) is 4.43 Å². The lowest BCUT2D eigenvalue weighted by Gasteiger charge is -1.93. The summed E-state index contributed by atoms with van der Waals surface area (Å²) in [5.74, 6) is -0.926. The van der Waals surface area contributed by atoms with E-state index in [1.165, 1.54) is 0 Å². The van der Waals surface area contributed by atoms with Crippen LogP contribution in [-0.4, -0.2) is 38.3 Å². The number of carboxylic acids is 1. The average Bonchev–Trinajstić information content (AvgIpc) is 2.03. The first-order valence-electron chi connectivity index (χ1n) is 3.45. The number of carbonyl (C=O) groups is 1. The molecular formula is C9H11AlO4. The van der Waals surface area contributed by atoms with Gasteiger partial charge in [-0.05, 0) is 11.6 Å². The first-order valence-corrected chi connectivity index (χ1v) is 4.03. The number of rotatable bonds is 2. The van der Waals surface area contributed by atoms with E-state index in [-0.39, 0.29) is 11.0 Å². The molecule has 0 aromatic heterocycles. The fourth-order valence-electron chi connectivity index (χ4n) is 0.775. The van der Waals surface area contributed by atoms with Crippen LogP contribution in [0.15, 0.2) is 30.3 Å². The molecule has 1 aromatic rings. The van der Waals surface area contributed by atoms with E-state index >= 15 is 0 Å². The molecule has 0 saturated carbocycles. The summed E-state index contributed by atoms with van der Waals surface area (Å²) in [5.41, 5.74) is 0.892. The summed E-state index contributed by atoms with van der Waals surface area (Å²) in [4.78, 5) is 10.1. The quantitative estimate of drug-likeness (QED) is 0.496. The van der Waals surface area contributed by atoms with Gasteiger partial charge in [0.1, 0.15) is 0 Å². The molecule has 0 aliphatic heterocycles. The van der Waals surface area contributed by atoms with E-state index < -0.39 is 5.97 Å². The van der Waals surface area contributed by atoms with Gasteiger partial charge < -0.3 is 16.1 Å². The minimum atomic E-state index is -0.926. The monoisotopic (exact) mass is 210 g/mol. The Labute approximate surface area is 89.9 Å². The molecule has 5 N–H and O–H groups in total. The van der Waals surface area contributed by atoms with Crippen LogP contribution in [0.1, 0.15) is 5.56 Å². The maximum absolute atomic E-state index is 10.1. The van der Waals surface area contributed by atoms with Gasteiger partial charge in [0.25, 0.3) is 0 Å². The molecule has 0 aliphatic rings. The van der Waals surface area contributed by atoms with Crippen molar-refractivity contribution in [2.75, 3.05) is 0 Å². The van der Waals surface area contributed by atoms with Gasteiger partial charge in [0.2, 0.25) is 0 Å². The largest absolute Gasteiger partial charge is 0.478 e. The van der Waals surface area contributed by atoms with E-state index in [1.807, 2.05) is 24.3 Å². The third-order valence-corrected chi connectivity index (χ3v) is 1.74. The second kappa shape index (κ2) is 7.30. The van der Waals surface area contributed by atoms with Gasteiger partial charge in [0, 0.05) is 6.08 Å². The Morgan fingerprint density at radius 1 is 1.21 bits per heavy atom. The number of carboxylic acid groups (broad SMARTS) is 1. The highest BCUT2D eigenvalue weighted by Gasteiger charge is 1.87.